The van der Waals surface area contributed by atoms with E-state index < -0.39 is 5.82 Å². The average Bonchev–Trinajstić information content (AvgIpc) is 3.10. The molecule has 2 aliphatic rings. The highest BCUT2D eigenvalue weighted by molar-refractivity contribution is 6.31. The maximum Gasteiger partial charge on any atom is 0.169 e. The van der Waals surface area contributed by atoms with Gasteiger partial charge in [-0.3, -0.25) is 4.79 Å². The molecule has 0 aromatic heterocycles. The minimum atomic E-state index is -0.458. The highest BCUT2D eigenvalue weighted by Gasteiger charge is 2.41. The maximum absolute atomic E-state index is 13.5. The lowest BCUT2D eigenvalue weighted by atomic mass is 9.81. The molecule has 4 rings (SSSR count). The van der Waals surface area contributed by atoms with Crippen molar-refractivity contribution in [1.29, 1.82) is 0 Å². The van der Waals surface area contributed by atoms with E-state index >= 15 is 0 Å². The second-order valence-electron chi connectivity index (χ2n) is 7.19. The number of Topliss-reactive ketones (excluding diaryl/α,β-unsaturated/α-hetero) is 1. The number of benzene rings is 2. The number of rotatable bonds is 3. The van der Waals surface area contributed by atoms with Crippen LogP contribution in [0, 0.1) is 17.7 Å². The van der Waals surface area contributed by atoms with Crippen LogP contribution in [-0.4, -0.2) is 10.9 Å². The van der Waals surface area contributed by atoms with Crippen molar-refractivity contribution < 1.29 is 14.3 Å². The smallest absolute Gasteiger partial charge is 0.169 e. The first-order valence-corrected chi connectivity index (χ1v) is 9.43. The van der Waals surface area contributed by atoms with Crippen molar-refractivity contribution in [3.8, 4) is 11.1 Å². The van der Waals surface area contributed by atoms with Crippen molar-refractivity contribution >= 4 is 23.0 Å². The lowest BCUT2D eigenvalue weighted by Gasteiger charge is -2.23. The summed E-state index contributed by atoms with van der Waals surface area (Å²) in [7, 11) is 0. The Morgan fingerprint density at radius 2 is 1.81 bits per heavy atom. The summed E-state index contributed by atoms with van der Waals surface area (Å²) in [6.07, 6.45) is 3.26. The molecule has 0 aliphatic heterocycles. The fourth-order valence-corrected chi connectivity index (χ4v) is 4.43. The lowest BCUT2D eigenvalue weighted by Crippen LogP contribution is -2.22. The van der Waals surface area contributed by atoms with Gasteiger partial charge in [-0.2, -0.15) is 0 Å². The zero-order valence-corrected chi connectivity index (χ0v) is 15.3. The van der Waals surface area contributed by atoms with Crippen LogP contribution in [0.15, 0.2) is 42.2 Å². The fourth-order valence-electron chi connectivity index (χ4n) is 4.25. The van der Waals surface area contributed by atoms with Crippen LogP contribution in [0.25, 0.3) is 16.7 Å². The summed E-state index contributed by atoms with van der Waals surface area (Å²) in [5, 5.41) is 10.8. The molecule has 2 aromatic carbocycles. The molecule has 2 atom stereocenters. The third-order valence-corrected chi connectivity index (χ3v) is 6.00. The number of hydrogen-bond donors (Lipinski definition) is 1. The molecule has 134 valence electrons. The van der Waals surface area contributed by atoms with E-state index in [1.165, 1.54) is 6.07 Å². The number of fused-ring (bicyclic) bond motifs is 2. The first-order chi connectivity index (χ1) is 12.5. The molecule has 2 bridgehead atoms. The number of aryl methyl sites for hydroxylation is 1. The van der Waals surface area contributed by atoms with Crippen molar-refractivity contribution in [2.24, 2.45) is 11.8 Å². The van der Waals surface area contributed by atoms with Crippen molar-refractivity contribution in [2.45, 2.75) is 32.6 Å². The van der Waals surface area contributed by atoms with E-state index in [-0.39, 0.29) is 28.4 Å². The summed E-state index contributed by atoms with van der Waals surface area (Å²) in [5.41, 5.74) is 3.94. The minimum Gasteiger partial charge on any atom is -0.511 e. The maximum atomic E-state index is 13.5. The van der Waals surface area contributed by atoms with Crippen LogP contribution in [-0.2, 0) is 11.2 Å². The Bertz CT molecular complexity index is 932. The van der Waals surface area contributed by atoms with Crippen LogP contribution in [0.2, 0.25) is 5.02 Å². The Morgan fingerprint density at radius 3 is 2.54 bits per heavy atom. The quantitative estimate of drug-likeness (QED) is 0.721. The van der Waals surface area contributed by atoms with E-state index in [9.17, 15) is 14.3 Å². The lowest BCUT2D eigenvalue weighted by molar-refractivity contribution is -0.117. The minimum absolute atomic E-state index is 0.0273. The molecule has 0 radical (unpaired) electrons. The highest BCUT2D eigenvalue weighted by Crippen LogP contribution is 2.46. The SMILES string of the molecule is CCc1ccc(-c2ccc(F)c(Cl)c2)cc1C1=C(O)[C@H]2CC[C@H](C2)C1=O. The third kappa shape index (κ3) is 2.75. The van der Waals surface area contributed by atoms with Gasteiger partial charge in [0, 0.05) is 11.8 Å². The third-order valence-electron chi connectivity index (χ3n) is 5.71. The van der Waals surface area contributed by atoms with Gasteiger partial charge in [0.15, 0.2) is 5.78 Å². The van der Waals surface area contributed by atoms with Gasteiger partial charge in [-0.25, -0.2) is 4.39 Å². The molecular weight excluding hydrogens is 351 g/mol. The Balaban J connectivity index is 1.87. The second-order valence-corrected chi connectivity index (χ2v) is 7.59. The van der Waals surface area contributed by atoms with E-state index in [2.05, 4.69) is 0 Å². The summed E-state index contributed by atoms with van der Waals surface area (Å²) >= 11 is 5.93. The summed E-state index contributed by atoms with van der Waals surface area (Å²) in [6.45, 7) is 2.03. The normalized spacial score (nSPS) is 22.2. The van der Waals surface area contributed by atoms with Crippen molar-refractivity contribution in [3.05, 3.63) is 64.1 Å². The van der Waals surface area contributed by atoms with Gasteiger partial charge in [0.05, 0.1) is 10.6 Å². The number of ketones is 1. The van der Waals surface area contributed by atoms with Gasteiger partial charge in [-0.15, -0.1) is 0 Å². The van der Waals surface area contributed by atoms with Crippen LogP contribution in [0.4, 0.5) is 4.39 Å². The molecule has 4 heteroatoms. The van der Waals surface area contributed by atoms with Gasteiger partial charge in [0.1, 0.15) is 11.6 Å². The Morgan fingerprint density at radius 1 is 1.12 bits per heavy atom. The predicted octanol–water partition coefficient (Wildman–Crippen LogP) is 5.98. The monoisotopic (exact) mass is 370 g/mol. The Kier molecular flexibility index (Phi) is 4.36. The number of carbonyl (C=O) groups is 1. The van der Waals surface area contributed by atoms with Crippen molar-refractivity contribution in [3.63, 3.8) is 0 Å². The summed E-state index contributed by atoms with van der Waals surface area (Å²) in [6, 6.07) is 10.5. The molecule has 2 aliphatic carbocycles. The van der Waals surface area contributed by atoms with Crippen molar-refractivity contribution in [2.75, 3.05) is 0 Å². The second kappa shape index (κ2) is 6.55. The topological polar surface area (TPSA) is 37.3 Å². The number of aliphatic hydroxyl groups excluding tert-OH is 1. The number of carbonyl (C=O) groups excluding carboxylic acids is 1. The number of hydrogen-bond acceptors (Lipinski definition) is 2. The van der Waals surface area contributed by atoms with E-state index in [4.69, 9.17) is 11.6 Å². The van der Waals surface area contributed by atoms with E-state index in [1.54, 1.807) is 12.1 Å². The Hall–Kier alpha value is -2.13. The van der Waals surface area contributed by atoms with Gasteiger partial charge in [-0.1, -0.05) is 36.7 Å². The largest absolute Gasteiger partial charge is 0.511 e. The molecule has 0 saturated heterocycles. The van der Waals surface area contributed by atoms with Gasteiger partial charge >= 0.3 is 0 Å². The van der Waals surface area contributed by atoms with Crippen LogP contribution >= 0.6 is 11.6 Å². The van der Waals surface area contributed by atoms with Gasteiger partial charge < -0.3 is 5.11 Å². The molecule has 1 saturated carbocycles. The van der Waals surface area contributed by atoms with Gasteiger partial charge in [0.2, 0.25) is 0 Å². The van der Waals surface area contributed by atoms with E-state index in [0.29, 0.717) is 5.57 Å². The summed E-state index contributed by atoms with van der Waals surface area (Å²) in [4.78, 5) is 12.9. The summed E-state index contributed by atoms with van der Waals surface area (Å²) in [5.74, 6) is -0.0333. The molecule has 0 amide bonds. The van der Waals surface area contributed by atoms with Crippen LogP contribution in [0.1, 0.15) is 37.3 Å². The number of allylic oxidation sites excluding steroid dienone is 2. The molecule has 1 N–H and O–H groups in total. The standard InChI is InChI=1S/C22H20ClFO2/c1-2-12-3-4-13(14-7-8-19(24)18(23)11-14)10-17(12)20-21(25)15-5-6-16(9-15)22(20)26/h3-4,7-8,10-11,15-16,25H,2,5-6,9H2,1H3/t15-,16+/m0/s1. The number of aliphatic hydroxyl groups is 1. The summed E-state index contributed by atoms with van der Waals surface area (Å²) < 4.78 is 13.5. The molecule has 0 heterocycles. The molecule has 1 fully saturated rings. The average molecular weight is 371 g/mol. The Labute approximate surface area is 157 Å². The molecular formula is C22H20ClFO2. The first kappa shape index (κ1) is 17.3. The van der Waals surface area contributed by atoms with Crippen LogP contribution in [0.3, 0.4) is 0 Å². The molecule has 0 spiro atoms. The highest BCUT2D eigenvalue weighted by atomic mass is 35.5. The first-order valence-electron chi connectivity index (χ1n) is 9.05. The fraction of sp³-hybridized carbons (Fsp3) is 0.318. The molecule has 2 nitrogen and oxygen atoms in total. The zero-order valence-electron chi connectivity index (χ0n) is 14.6. The molecule has 2 aromatic rings. The van der Waals surface area contributed by atoms with Crippen molar-refractivity contribution in [1.82, 2.24) is 0 Å². The molecule has 0 unspecified atom stereocenters. The van der Waals surface area contributed by atoms with E-state index in [0.717, 1.165) is 47.9 Å². The van der Waals surface area contributed by atoms with Crippen LogP contribution < -0.4 is 0 Å². The van der Waals surface area contributed by atoms with Gasteiger partial charge in [0.25, 0.3) is 0 Å². The number of halogens is 2. The van der Waals surface area contributed by atoms with E-state index in [1.807, 2.05) is 25.1 Å². The van der Waals surface area contributed by atoms with Crippen LogP contribution in [0.5, 0.6) is 0 Å². The predicted molar refractivity (Wildman–Crippen MR) is 102 cm³/mol. The van der Waals surface area contributed by atoms with Gasteiger partial charge in [-0.05, 0) is 66.1 Å². The zero-order chi connectivity index (χ0) is 18.4. The molecule has 26 heavy (non-hydrogen) atoms.